The first kappa shape index (κ1) is 8.89. The standard InChI is InChI=1S/C11H14ClN/c1-7-3-4-13-11-6-10(12)8(2)5-9(7)11/h5-7,13H,3-4H2,1-2H3/t7-/m0/s1. The molecule has 0 saturated carbocycles. The Morgan fingerprint density at radius 1 is 1.46 bits per heavy atom. The summed E-state index contributed by atoms with van der Waals surface area (Å²) in [5.74, 6) is 0.659. The molecule has 0 bridgehead atoms. The van der Waals surface area contributed by atoms with Crippen LogP contribution in [-0.2, 0) is 0 Å². The first-order chi connectivity index (χ1) is 6.18. The fourth-order valence-corrected chi connectivity index (χ4v) is 2.01. The summed E-state index contributed by atoms with van der Waals surface area (Å²) < 4.78 is 0. The Bertz CT molecular complexity index is 333. The van der Waals surface area contributed by atoms with Crippen molar-refractivity contribution < 1.29 is 0 Å². The van der Waals surface area contributed by atoms with Gasteiger partial charge in [-0.3, -0.25) is 0 Å². The van der Waals surface area contributed by atoms with Crippen LogP contribution in [0.2, 0.25) is 5.02 Å². The van der Waals surface area contributed by atoms with E-state index < -0.39 is 0 Å². The number of anilines is 1. The van der Waals surface area contributed by atoms with Crippen LogP contribution in [0.15, 0.2) is 12.1 Å². The Kier molecular flexibility index (Phi) is 2.20. The Morgan fingerprint density at radius 3 is 3.00 bits per heavy atom. The smallest absolute Gasteiger partial charge is 0.0455 e. The van der Waals surface area contributed by atoms with Crippen LogP contribution in [0, 0.1) is 6.92 Å². The van der Waals surface area contributed by atoms with E-state index in [4.69, 9.17) is 11.6 Å². The highest BCUT2D eigenvalue weighted by Crippen LogP contribution is 2.34. The number of benzene rings is 1. The lowest BCUT2D eigenvalue weighted by molar-refractivity contribution is 0.683. The molecule has 0 fully saturated rings. The van der Waals surface area contributed by atoms with E-state index in [-0.39, 0.29) is 0 Å². The second kappa shape index (κ2) is 3.22. The fraction of sp³-hybridized carbons (Fsp3) is 0.455. The number of aryl methyl sites for hydroxylation is 1. The lowest BCUT2D eigenvalue weighted by atomic mass is 9.91. The molecule has 1 atom stereocenters. The minimum atomic E-state index is 0.659. The molecule has 2 rings (SSSR count). The van der Waals surface area contributed by atoms with Crippen molar-refractivity contribution in [2.45, 2.75) is 26.2 Å². The minimum Gasteiger partial charge on any atom is -0.385 e. The van der Waals surface area contributed by atoms with Crippen molar-refractivity contribution in [2.24, 2.45) is 0 Å². The molecule has 1 N–H and O–H groups in total. The summed E-state index contributed by atoms with van der Waals surface area (Å²) in [6.07, 6.45) is 1.22. The summed E-state index contributed by atoms with van der Waals surface area (Å²) in [6, 6.07) is 4.25. The van der Waals surface area contributed by atoms with Gasteiger partial charge in [0.2, 0.25) is 0 Å². The van der Waals surface area contributed by atoms with Crippen molar-refractivity contribution in [3.63, 3.8) is 0 Å². The summed E-state index contributed by atoms with van der Waals surface area (Å²) in [5.41, 5.74) is 3.80. The summed E-state index contributed by atoms with van der Waals surface area (Å²) >= 11 is 6.05. The number of rotatable bonds is 0. The molecule has 0 radical (unpaired) electrons. The molecule has 1 aliphatic heterocycles. The molecule has 70 valence electrons. The van der Waals surface area contributed by atoms with Crippen LogP contribution < -0.4 is 5.32 Å². The van der Waals surface area contributed by atoms with Crippen LogP contribution in [-0.4, -0.2) is 6.54 Å². The number of hydrogen-bond acceptors (Lipinski definition) is 1. The van der Waals surface area contributed by atoms with Crippen molar-refractivity contribution in [2.75, 3.05) is 11.9 Å². The summed E-state index contributed by atoms with van der Waals surface area (Å²) in [6.45, 7) is 5.39. The van der Waals surface area contributed by atoms with Crippen LogP contribution in [0.4, 0.5) is 5.69 Å². The van der Waals surface area contributed by atoms with E-state index in [1.165, 1.54) is 23.2 Å². The Labute approximate surface area is 84.1 Å². The van der Waals surface area contributed by atoms with Crippen molar-refractivity contribution in [1.29, 1.82) is 0 Å². The lowest BCUT2D eigenvalue weighted by Crippen LogP contribution is -2.14. The van der Waals surface area contributed by atoms with E-state index in [0.717, 1.165) is 11.6 Å². The first-order valence-corrected chi connectivity index (χ1v) is 5.10. The molecule has 1 aromatic rings. The Morgan fingerprint density at radius 2 is 2.23 bits per heavy atom. The van der Waals surface area contributed by atoms with Crippen molar-refractivity contribution >= 4 is 17.3 Å². The highest BCUT2D eigenvalue weighted by Gasteiger charge is 2.16. The molecule has 0 aliphatic carbocycles. The van der Waals surface area contributed by atoms with Crippen LogP contribution in [0.3, 0.4) is 0 Å². The zero-order valence-electron chi connectivity index (χ0n) is 8.02. The third-order valence-electron chi connectivity index (χ3n) is 2.75. The molecule has 1 nitrogen and oxygen atoms in total. The van der Waals surface area contributed by atoms with Crippen molar-refractivity contribution in [1.82, 2.24) is 0 Å². The van der Waals surface area contributed by atoms with Gasteiger partial charge in [-0.05, 0) is 36.5 Å². The van der Waals surface area contributed by atoms with Gasteiger partial charge in [0, 0.05) is 17.3 Å². The molecular formula is C11H14ClN. The van der Waals surface area contributed by atoms with E-state index >= 15 is 0 Å². The highest BCUT2D eigenvalue weighted by atomic mass is 35.5. The molecule has 0 amide bonds. The molecule has 2 heteroatoms. The third kappa shape index (κ3) is 1.53. The van der Waals surface area contributed by atoms with Crippen molar-refractivity contribution in [3.8, 4) is 0 Å². The predicted octanol–water partition coefficient (Wildman–Crippen LogP) is 3.57. The minimum absolute atomic E-state index is 0.659. The molecule has 1 aromatic carbocycles. The Hall–Kier alpha value is -0.690. The maximum absolute atomic E-state index is 6.05. The second-order valence-electron chi connectivity index (χ2n) is 3.81. The molecule has 13 heavy (non-hydrogen) atoms. The van der Waals surface area contributed by atoms with Gasteiger partial charge in [-0.2, -0.15) is 0 Å². The second-order valence-corrected chi connectivity index (χ2v) is 4.21. The summed E-state index contributed by atoms with van der Waals surface area (Å²) in [5, 5.41) is 4.24. The van der Waals surface area contributed by atoms with E-state index in [1.807, 2.05) is 6.07 Å². The van der Waals surface area contributed by atoms with Gasteiger partial charge >= 0.3 is 0 Å². The average molecular weight is 196 g/mol. The number of fused-ring (bicyclic) bond motifs is 1. The number of nitrogens with one attached hydrogen (secondary N) is 1. The lowest BCUT2D eigenvalue weighted by Gasteiger charge is -2.24. The molecule has 0 aromatic heterocycles. The van der Waals surface area contributed by atoms with Gasteiger partial charge in [0.1, 0.15) is 0 Å². The fourth-order valence-electron chi connectivity index (χ4n) is 1.84. The topological polar surface area (TPSA) is 12.0 Å². The van der Waals surface area contributed by atoms with Gasteiger partial charge in [0.15, 0.2) is 0 Å². The molecule has 0 unspecified atom stereocenters. The van der Waals surface area contributed by atoms with E-state index in [2.05, 4.69) is 25.2 Å². The van der Waals surface area contributed by atoms with Crippen molar-refractivity contribution in [3.05, 3.63) is 28.3 Å². The van der Waals surface area contributed by atoms with Crippen LogP contribution >= 0.6 is 11.6 Å². The zero-order valence-corrected chi connectivity index (χ0v) is 8.78. The van der Waals surface area contributed by atoms with Gasteiger partial charge in [0.05, 0.1) is 0 Å². The first-order valence-electron chi connectivity index (χ1n) is 4.72. The van der Waals surface area contributed by atoms with Crippen LogP contribution in [0.1, 0.15) is 30.4 Å². The van der Waals surface area contributed by atoms with E-state index in [0.29, 0.717) is 5.92 Å². The SMILES string of the molecule is Cc1cc2c(cc1Cl)NCC[C@@H]2C. The summed E-state index contributed by atoms with van der Waals surface area (Å²) in [4.78, 5) is 0. The predicted molar refractivity (Wildman–Crippen MR) is 57.7 cm³/mol. The van der Waals surface area contributed by atoms with E-state index in [1.54, 1.807) is 0 Å². The van der Waals surface area contributed by atoms with E-state index in [9.17, 15) is 0 Å². The zero-order chi connectivity index (χ0) is 9.42. The maximum atomic E-state index is 6.05. The third-order valence-corrected chi connectivity index (χ3v) is 3.16. The molecule has 0 spiro atoms. The quantitative estimate of drug-likeness (QED) is 0.668. The van der Waals surface area contributed by atoms with Gasteiger partial charge in [-0.15, -0.1) is 0 Å². The molecule has 0 saturated heterocycles. The Balaban J connectivity index is 2.52. The largest absolute Gasteiger partial charge is 0.385 e. The van der Waals surface area contributed by atoms with Gasteiger partial charge in [0.25, 0.3) is 0 Å². The maximum Gasteiger partial charge on any atom is 0.0455 e. The number of hydrogen-bond donors (Lipinski definition) is 1. The molecule has 1 heterocycles. The van der Waals surface area contributed by atoms with Gasteiger partial charge in [-0.25, -0.2) is 0 Å². The van der Waals surface area contributed by atoms with Crippen LogP contribution in [0.25, 0.3) is 0 Å². The summed E-state index contributed by atoms with van der Waals surface area (Å²) in [7, 11) is 0. The van der Waals surface area contributed by atoms with Gasteiger partial charge in [-0.1, -0.05) is 24.6 Å². The average Bonchev–Trinajstić information content (AvgIpc) is 2.09. The normalized spacial score (nSPS) is 20.7. The number of halogens is 1. The highest BCUT2D eigenvalue weighted by molar-refractivity contribution is 6.31. The van der Waals surface area contributed by atoms with Gasteiger partial charge < -0.3 is 5.32 Å². The molecule has 1 aliphatic rings. The molecular weight excluding hydrogens is 182 g/mol. The van der Waals surface area contributed by atoms with Crippen LogP contribution in [0.5, 0.6) is 0 Å². The monoisotopic (exact) mass is 195 g/mol.